The number of hydrogen-bond donors (Lipinski definition) is 1. The second kappa shape index (κ2) is 7.60. The van der Waals surface area contributed by atoms with Crippen LogP contribution >= 0.6 is 0 Å². The first kappa shape index (κ1) is 17.3. The van der Waals surface area contributed by atoms with Gasteiger partial charge in [0.1, 0.15) is 18.0 Å². The summed E-state index contributed by atoms with van der Waals surface area (Å²) in [7, 11) is 5.70. The van der Waals surface area contributed by atoms with E-state index in [4.69, 9.17) is 0 Å². The zero-order valence-corrected chi connectivity index (χ0v) is 15.0. The maximum Gasteiger partial charge on any atom is 0.268 e. The van der Waals surface area contributed by atoms with Crippen LogP contribution in [0.5, 0.6) is 0 Å². The van der Waals surface area contributed by atoms with Gasteiger partial charge in [-0.15, -0.1) is 0 Å². The molecule has 0 spiro atoms. The molecule has 8 nitrogen and oxygen atoms in total. The van der Waals surface area contributed by atoms with E-state index >= 15 is 0 Å². The Morgan fingerprint density at radius 3 is 2.68 bits per heavy atom. The normalized spacial score (nSPS) is 16.0. The van der Waals surface area contributed by atoms with Crippen LogP contribution in [0, 0.1) is 0 Å². The third kappa shape index (κ3) is 4.54. The molecular formula is C17H25N7O. The molecule has 25 heavy (non-hydrogen) atoms. The third-order valence-corrected chi connectivity index (χ3v) is 4.47. The standard InChI is InChI=1S/C17H25N7O/c1-22(2)16-8-15(19-12-20-16)21-13-4-6-24(7-5-13)11-14-10-23(3)17(25)9-18-14/h8-10,12-13H,4-7,11H2,1-3H3,(H,19,20,21). The molecule has 1 fully saturated rings. The van der Waals surface area contributed by atoms with Gasteiger partial charge >= 0.3 is 0 Å². The fraction of sp³-hybridized carbons (Fsp3) is 0.529. The lowest BCUT2D eigenvalue weighted by Gasteiger charge is -2.32. The summed E-state index contributed by atoms with van der Waals surface area (Å²) in [4.78, 5) is 28.5. The fourth-order valence-corrected chi connectivity index (χ4v) is 2.98. The van der Waals surface area contributed by atoms with Gasteiger partial charge in [0.25, 0.3) is 5.56 Å². The summed E-state index contributed by atoms with van der Waals surface area (Å²) >= 11 is 0. The summed E-state index contributed by atoms with van der Waals surface area (Å²) in [6.07, 6.45) is 6.90. The summed E-state index contributed by atoms with van der Waals surface area (Å²) in [6.45, 7) is 2.76. The van der Waals surface area contributed by atoms with Gasteiger partial charge in [-0.2, -0.15) is 0 Å². The molecule has 3 heterocycles. The number of anilines is 2. The molecule has 0 aliphatic carbocycles. The summed E-state index contributed by atoms with van der Waals surface area (Å²) < 4.78 is 1.58. The van der Waals surface area contributed by atoms with Gasteiger partial charge in [0.15, 0.2) is 0 Å². The van der Waals surface area contributed by atoms with E-state index in [0.29, 0.717) is 6.04 Å². The van der Waals surface area contributed by atoms with Crippen LogP contribution in [0.3, 0.4) is 0 Å². The van der Waals surface area contributed by atoms with Gasteiger partial charge in [0, 0.05) is 59.1 Å². The van der Waals surface area contributed by atoms with Crippen LogP contribution < -0.4 is 15.8 Å². The van der Waals surface area contributed by atoms with Crippen LogP contribution in [0.1, 0.15) is 18.5 Å². The molecule has 1 N–H and O–H groups in total. The van der Waals surface area contributed by atoms with Crippen molar-refractivity contribution < 1.29 is 0 Å². The first-order valence-corrected chi connectivity index (χ1v) is 8.51. The first-order chi connectivity index (χ1) is 12.0. The minimum absolute atomic E-state index is 0.0754. The molecule has 0 bridgehead atoms. The molecule has 1 aliphatic heterocycles. The largest absolute Gasteiger partial charge is 0.367 e. The summed E-state index contributed by atoms with van der Waals surface area (Å²) in [6, 6.07) is 2.38. The predicted octanol–water partition coefficient (Wildman–Crippen LogP) is 0.713. The lowest BCUT2D eigenvalue weighted by molar-refractivity contribution is 0.208. The Balaban J connectivity index is 1.52. The van der Waals surface area contributed by atoms with Crippen molar-refractivity contribution in [3.8, 4) is 0 Å². The summed E-state index contributed by atoms with van der Waals surface area (Å²) in [5, 5.41) is 3.51. The molecule has 0 saturated carbocycles. The maximum absolute atomic E-state index is 11.4. The monoisotopic (exact) mass is 343 g/mol. The Bertz CT molecular complexity index is 766. The SMILES string of the molecule is CN(C)c1cc(NC2CCN(Cc3cn(C)c(=O)cn3)CC2)ncn1. The number of aromatic nitrogens is 4. The molecule has 0 aromatic carbocycles. The lowest BCUT2D eigenvalue weighted by Crippen LogP contribution is -2.39. The first-order valence-electron chi connectivity index (χ1n) is 8.51. The Kier molecular flexibility index (Phi) is 5.28. The highest BCUT2D eigenvalue weighted by molar-refractivity contribution is 5.47. The van der Waals surface area contributed by atoms with E-state index in [1.54, 1.807) is 17.9 Å². The van der Waals surface area contributed by atoms with Gasteiger partial charge in [-0.05, 0) is 12.8 Å². The molecule has 2 aromatic rings. The van der Waals surface area contributed by atoms with Crippen LogP contribution in [0.15, 0.2) is 29.6 Å². The van der Waals surface area contributed by atoms with Crippen molar-refractivity contribution in [2.75, 3.05) is 37.4 Å². The van der Waals surface area contributed by atoms with Crippen LogP contribution in [0.25, 0.3) is 0 Å². The highest BCUT2D eigenvalue weighted by atomic mass is 16.1. The van der Waals surface area contributed by atoms with E-state index in [0.717, 1.165) is 49.8 Å². The molecule has 8 heteroatoms. The Labute approximate surface area is 147 Å². The second-order valence-electron chi connectivity index (χ2n) is 6.68. The van der Waals surface area contributed by atoms with E-state index in [1.165, 1.54) is 6.20 Å². The van der Waals surface area contributed by atoms with Crippen molar-refractivity contribution >= 4 is 11.6 Å². The minimum Gasteiger partial charge on any atom is -0.367 e. The molecule has 0 amide bonds. The molecule has 1 saturated heterocycles. The quantitative estimate of drug-likeness (QED) is 0.856. The number of rotatable bonds is 5. The zero-order valence-electron chi connectivity index (χ0n) is 15.0. The van der Waals surface area contributed by atoms with Crippen molar-refractivity contribution in [3.05, 3.63) is 40.8 Å². The Morgan fingerprint density at radius 2 is 2.00 bits per heavy atom. The van der Waals surface area contributed by atoms with Crippen LogP contribution in [-0.4, -0.2) is 57.6 Å². The average molecular weight is 343 g/mol. The van der Waals surface area contributed by atoms with Crippen LogP contribution in [-0.2, 0) is 13.6 Å². The predicted molar refractivity (Wildman–Crippen MR) is 97.8 cm³/mol. The number of nitrogens with zero attached hydrogens (tertiary/aromatic N) is 6. The van der Waals surface area contributed by atoms with Crippen LogP contribution in [0.2, 0.25) is 0 Å². The van der Waals surface area contributed by atoms with Crippen molar-refractivity contribution in [2.24, 2.45) is 7.05 Å². The Hall–Kier alpha value is -2.48. The van der Waals surface area contributed by atoms with E-state index < -0.39 is 0 Å². The molecule has 0 atom stereocenters. The summed E-state index contributed by atoms with van der Waals surface area (Å²) in [5.74, 6) is 1.77. The van der Waals surface area contributed by atoms with Gasteiger partial charge in [-0.1, -0.05) is 0 Å². The third-order valence-electron chi connectivity index (χ3n) is 4.47. The van der Waals surface area contributed by atoms with Crippen molar-refractivity contribution in [1.29, 1.82) is 0 Å². The molecule has 134 valence electrons. The number of nitrogens with one attached hydrogen (secondary N) is 1. The molecular weight excluding hydrogens is 318 g/mol. The van der Waals surface area contributed by atoms with Crippen LogP contribution in [0.4, 0.5) is 11.6 Å². The number of aryl methyl sites for hydroxylation is 1. The zero-order chi connectivity index (χ0) is 17.8. The topological polar surface area (TPSA) is 79.2 Å². The maximum atomic E-state index is 11.4. The van der Waals surface area contributed by atoms with Gasteiger partial charge in [-0.25, -0.2) is 9.97 Å². The van der Waals surface area contributed by atoms with Crippen molar-refractivity contribution in [2.45, 2.75) is 25.4 Å². The summed E-state index contributed by atoms with van der Waals surface area (Å²) in [5.41, 5.74) is 0.855. The molecule has 3 rings (SSSR count). The van der Waals surface area contributed by atoms with Crippen molar-refractivity contribution in [1.82, 2.24) is 24.4 Å². The molecule has 0 radical (unpaired) electrons. The van der Waals surface area contributed by atoms with E-state index in [9.17, 15) is 4.79 Å². The molecule has 1 aliphatic rings. The van der Waals surface area contributed by atoms with E-state index in [2.05, 4.69) is 25.2 Å². The average Bonchev–Trinajstić information content (AvgIpc) is 2.60. The highest BCUT2D eigenvalue weighted by Crippen LogP contribution is 2.18. The second-order valence-corrected chi connectivity index (χ2v) is 6.68. The van der Waals surface area contributed by atoms with Gasteiger partial charge in [0.05, 0.1) is 11.9 Å². The number of hydrogen-bond acceptors (Lipinski definition) is 7. The number of piperidine rings is 1. The van der Waals surface area contributed by atoms with Crippen molar-refractivity contribution in [3.63, 3.8) is 0 Å². The van der Waals surface area contributed by atoms with Gasteiger partial charge in [-0.3, -0.25) is 14.7 Å². The highest BCUT2D eigenvalue weighted by Gasteiger charge is 2.20. The molecule has 0 unspecified atom stereocenters. The lowest BCUT2D eigenvalue weighted by atomic mass is 10.0. The number of likely N-dealkylation sites (tertiary alicyclic amines) is 1. The Morgan fingerprint density at radius 1 is 1.24 bits per heavy atom. The fourth-order valence-electron chi connectivity index (χ4n) is 2.98. The van der Waals surface area contributed by atoms with Gasteiger partial charge < -0.3 is 14.8 Å². The van der Waals surface area contributed by atoms with E-state index in [-0.39, 0.29) is 5.56 Å². The van der Waals surface area contributed by atoms with Gasteiger partial charge in [0.2, 0.25) is 0 Å². The molecule has 2 aromatic heterocycles. The minimum atomic E-state index is -0.0754. The van der Waals surface area contributed by atoms with E-state index in [1.807, 2.05) is 31.3 Å². The smallest absolute Gasteiger partial charge is 0.268 e.